The number of carbonyl (C=O) groups excluding carboxylic acids is 1. The number of benzene rings is 2. The van der Waals surface area contributed by atoms with Crippen LogP contribution in [0.1, 0.15) is 31.4 Å². The van der Waals surface area contributed by atoms with E-state index in [1.165, 1.54) is 18.6 Å². The van der Waals surface area contributed by atoms with Gasteiger partial charge in [0.05, 0.1) is 4.90 Å². The molecule has 0 aliphatic rings. The number of amides is 1. The Balaban J connectivity index is 2.06. The van der Waals surface area contributed by atoms with Crippen molar-refractivity contribution in [1.82, 2.24) is 4.72 Å². The van der Waals surface area contributed by atoms with Crippen LogP contribution in [-0.4, -0.2) is 20.4 Å². The second kappa shape index (κ2) is 8.27. The van der Waals surface area contributed by atoms with E-state index in [0.717, 1.165) is 12.0 Å². The number of carbonyl (C=O) groups is 1. The van der Waals surface area contributed by atoms with Crippen molar-refractivity contribution >= 4 is 21.6 Å². The van der Waals surface area contributed by atoms with Gasteiger partial charge in [-0.3, -0.25) is 4.79 Å². The average Bonchev–Trinajstić information content (AvgIpc) is 2.55. The van der Waals surface area contributed by atoms with Gasteiger partial charge in [0.2, 0.25) is 15.9 Å². The van der Waals surface area contributed by atoms with E-state index >= 15 is 0 Å². The van der Waals surface area contributed by atoms with Crippen LogP contribution in [0.3, 0.4) is 0 Å². The largest absolute Gasteiger partial charge is 0.326 e. The van der Waals surface area contributed by atoms with Crippen LogP contribution in [0.25, 0.3) is 0 Å². The van der Waals surface area contributed by atoms with Gasteiger partial charge in [0, 0.05) is 18.7 Å². The molecule has 2 N–H and O–H groups in total. The van der Waals surface area contributed by atoms with Crippen LogP contribution in [0.5, 0.6) is 0 Å². The van der Waals surface area contributed by atoms with Crippen molar-refractivity contribution in [2.75, 3.05) is 5.32 Å². The van der Waals surface area contributed by atoms with Gasteiger partial charge in [-0.15, -0.1) is 0 Å². The van der Waals surface area contributed by atoms with Crippen molar-refractivity contribution in [3.8, 4) is 0 Å². The second-order valence-corrected chi connectivity index (χ2v) is 7.92. The summed E-state index contributed by atoms with van der Waals surface area (Å²) in [5, 5.41) is 2.65. The first kappa shape index (κ1) is 19.1. The van der Waals surface area contributed by atoms with Crippen molar-refractivity contribution in [3.63, 3.8) is 0 Å². The van der Waals surface area contributed by atoms with E-state index in [1.807, 2.05) is 44.2 Å². The van der Waals surface area contributed by atoms with E-state index in [-0.39, 0.29) is 16.8 Å². The number of aryl methyl sites for hydroxylation is 2. The van der Waals surface area contributed by atoms with Gasteiger partial charge in [0.25, 0.3) is 0 Å². The van der Waals surface area contributed by atoms with Crippen molar-refractivity contribution in [3.05, 3.63) is 59.7 Å². The zero-order valence-electron chi connectivity index (χ0n) is 14.7. The fourth-order valence-corrected chi connectivity index (χ4v) is 3.82. The summed E-state index contributed by atoms with van der Waals surface area (Å²) in [5.41, 5.74) is 2.50. The molecular formula is C19H24N2O3S. The molecule has 25 heavy (non-hydrogen) atoms. The van der Waals surface area contributed by atoms with Crippen LogP contribution in [0, 0.1) is 6.92 Å². The van der Waals surface area contributed by atoms with Gasteiger partial charge in [-0.05, 0) is 49.9 Å². The first-order chi connectivity index (χ1) is 11.8. The minimum atomic E-state index is -3.64. The quantitative estimate of drug-likeness (QED) is 0.796. The van der Waals surface area contributed by atoms with E-state index in [0.29, 0.717) is 12.1 Å². The highest BCUT2D eigenvalue weighted by Gasteiger charge is 2.18. The third-order valence-electron chi connectivity index (χ3n) is 3.90. The summed E-state index contributed by atoms with van der Waals surface area (Å²) in [7, 11) is -3.64. The number of sulfonamides is 1. The molecule has 2 rings (SSSR count). The summed E-state index contributed by atoms with van der Waals surface area (Å²) in [6.45, 7) is 5.06. The Morgan fingerprint density at radius 3 is 2.44 bits per heavy atom. The number of nitrogens with one attached hydrogen (secondary N) is 2. The van der Waals surface area contributed by atoms with Crippen LogP contribution >= 0.6 is 0 Å². The molecule has 6 heteroatoms. The minimum Gasteiger partial charge on any atom is -0.326 e. The first-order valence-electron chi connectivity index (χ1n) is 8.22. The molecule has 0 saturated heterocycles. The highest BCUT2D eigenvalue weighted by molar-refractivity contribution is 7.89. The SMILES string of the molecule is CC(=O)Nc1cc(S(=O)(=O)N[C@H](C)CCc2ccccc2)ccc1C. The van der Waals surface area contributed by atoms with Gasteiger partial charge in [-0.1, -0.05) is 36.4 Å². The van der Waals surface area contributed by atoms with E-state index in [1.54, 1.807) is 12.1 Å². The molecule has 0 radical (unpaired) electrons. The Hall–Kier alpha value is -2.18. The molecule has 0 aliphatic heterocycles. The Kier molecular flexibility index (Phi) is 6.33. The number of anilines is 1. The van der Waals surface area contributed by atoms with Crippen LogP contribution in [0.15, 0.2) is 53.4 Å². The van der Waals surface area contributed by atoms with Crippen LogP contribution in [0.4, 0.5) is 5.69 Å². The Morgan fingerprint density at radius 2 is 1.80 bits per heavy atom. The van der Waals surface area contributed by atoms with Gasteiger partial charge in [0.15, 0.2) is 0 Å². The minimum absolute atomic E-state index is 0.147. The van der Waals surface area contributed by atoms with Crippen LogP contribution in [-0.2, 0) is 21.2 Å². The monoisotopic (exact) mass is 360 g/mol. The summed E-state index contributed by atoms with van der Waals surface area (Å²) >= 11 is 0. The highest BCUT2D eigenvalue weighted by atomic mass is 32.2. The molecule has 0 aliphatic carbocycles. The van der Waals surface area contributed by atoms with Gasteiger partial charge in [-0.2, -0.15) is 0 Å². The summed E-state index contributed by atoms with van der Waals surface area (Å²) < 4.78 is 27.9. The van der Waals surface area contributed by atoms with Crippen molar-refractivity contribution in [2.45, 2.75) is 44.6 Å². The van der Waals surface area contributed by atoms with E-state index in [9.17, 15) is 13.2 Å². The molecular weight excluding hydrogens is 336 g/mol. The lowest BCUT2D eigenvalue weighted by atomic mass is 10.1. The van der Waals surface area contributed by atoms with E-state index < -0.39 is 10.0 Å². The molecule has 5 nitrogen and oxygen atoms in total. The predicted molar refractivity (Wildman–Crippen MR) is 100 cm³/mol. The molecule has 1 amide bonds. The lowest BCUT2D eigenvalue weighted by molar-refractivity contribution is -0.114. The molecule has 1 atom stereocenters. The van der Waals surface area contributed by atoms with Crippen molar-refractivity contribution < 1.29 is 13.2 Å². The standard InChI is InChI=1S/C19H24N2O3S/c1-14-9-12-18(13-19(14)20-16(3)22)25(23,24)21-15(2)10-11-17-7-5-4-6-8-17/h4-9,12-13,15,21H,10-11H2,1-3H3,(H,20,22)/t15-/m1/s1. The maximum absolute atomic E-state index is 12.6. The molecule has 2 aromatic carbocycles. The zero-order valence-corrected chi connectivity index (χ0v) is 15.6. The van der Waals surface area contributed by atoms with E-state index in [2.05, 4.69) is 10.0 Å². The van der Waals surface area contributed by atoms with Crippen LogP contribution in [0.2, 0.25) is 0 Å². The second-order valence-electron chi connectivity index (χ2n) is 6.20. The fraction of sp³-hybridized carbons (Fsp3) is 0.316. The maximum Gasteiger partial charge on any atom is 0.240 e. The van der Waals surface area contributed by atoms with Gasteiger partial charge in [0.1, 0.15) is 0 Å². The summed E-state index contributed by atoms with van der Waals surface area (Å²) in [6.07, 6.45) is 1.50. The third-order valence-corrected chi connectivity index (χ3v) is 5.48. The average molecular weight is 360 g/mol. The topological polar surface area (TPSA) is 75.3 Å². The molecule has 0 fully saturated rings. The maximum atomic E-state index is 12.6. The lowest BCUT2D eigenvalue weighted by Gasteiger charge is -2.15. The molecule has 0 heterocycles. The summed E-state index contributed by atoms with van der Waals surface area (Å²) in [4.78, 5) is 11.4. The Morgan fingerprint density at radius 1 is 1.12 bits per heavy atom. The molecule has 0 bridgehead atoms. The lowest BCUT2D eigenvalue weighted by Crippen LogP contribution is -2.33. The Labute approximate surface area is 149 Å². The number of hydrogen-bond donors (Lipinski definition) is 2. The molecule has 0 spiro atoms. The van der Waals surface area contributed by atoms with Crippen LogP contribution < -0.4 is 10.0 Å². The van der Waals surface area contributed by atoms with Crippen molar-refractivity contribution in [1.29, 1.82) is 0 Å². The molecule has 0 saturated carbocycles. The van der Waals surface area contributed by atoms with Gasteiger partial charge >= 0.3 is 0 Å². The predicted octanol–water partition coefficient (Wildman–Crippen LogP) is 3.25. The van der Waals surface area contributed by atoms with E-state index in [4.69, 9.17) is 0 Å². The number of hydrogen-bond acceptors (Lipinski definition) is 3. The van der Waals surface area contributed by atoms with Gasteiger partial charge in [-0.25, -0.2) is 13.1 Å². The smallest absolute Gasteiger partial charge is 0.240 e. The highest BCUT2D eigenvalue weighted by Crippen LogP contribution is 2.20. The normalized spacial score (nSPS) is 12.6. The zero-order chi connectivity index (χ0) is 18.4. The molecule has 2 aromatic rings. The van der Waals surface area contributed by atoms with Gasteiger partial charge < -0.3 is 5.32 Å². The summed E-state index contributed by atoms with van der Waals surface area (Å²) in [5.74, 6) is -0.234. The molecule has 134 valence electrons. The summed E-state index contributed by atoms with van der Waals surface area (Å²) in [6, 6.07) is 14.5. The third kappa shape index (κ3) is 5.69. The fourth-order valence-electron chi connectivity index (χ4n) is 2.51. The van der Waals surface area contributed by atoms with Crippen molar-refractivity contribution in [2.24, 2.45) is 0 Å². The Bertz CT molecular complexity index is 833. The molecule has 0 aromatic heterocycles. The first-order valence-corrected chi connectivity index (χ1v) is 9.71. The number of rotatable bonds is 7. The molecule has 0 unspecified atom stereocenters.